The molecule has 0 aromatic heterocycles. The van der Waals surface area contributed by atoms with Crippen LogP contribution in [0.1, 0.15) is 22.8 Å². The van der Waals surface area contributed by atoms with Crippen LogP contribution in [0, 0.1) is 6.92 Å². The normalized spacial score (nSPS) is 12.5. The summed E-state index contributed by atoms with van der Waals surface area (Å²) in [4.78, 5) is 0. The molecule has 0 aliphatic rings. The van der Waals surface area contributed by atoms with Gasteiger partial charge >= 0.3 is 0 Å². The predicted molar refractivity (Wildman–Crippen MR) is 84.0 cm³/mol. The van der Waals surface area contributed by atoms with E-state index in [9.17, 15) is 5.11 Å². The van der Waals surface area contributed by atoms with E-state index in [1.165, 1.54) is 0 Å². The summed E-state index contributed by atoms with van der Waals surface area (Å²) in [5.74, 6) is 0. The van der Waals surface area contributed by atoms with Crippen LogP contribution in [-0.2, 0) is 6.42 Å². The summed E-state index contributed by atoms with van der Waals surface area (Å²) < 4.78 is 0.947. The van der Waals surface area contributed by atoms with Crippen LogP contribution in [0.2, 0.25) is 10.0 Å². The van der Waals surface area contributed by atoms with Crippen LogP contribution in [0.4, 0.5) is 0 Å². The second-order valence-corrected chi connectivity index (χ2v) is 6.05. The van der Waals surface area contributed by atoms with Gasteiger partial charge in [-0.05, 0) is 35.7 Å². The van der Waals surface area contributed by atoms with Crippen molar-refractivity contribution in [2.45, 2.75) is 19.4 Å². The van der Waals surface area contributed by atoms with Crippen molar-refractivity contribution in [2.75, 3.05) is 0 Å². The smallest absolute Gasteiger partial charge is 0.0841 e. The van der Waals surface area contributed by atoms with Gasteiger partial charge in [-0.2, -0.15) is 0 Å². The Bertz CT molecular complexity index is 599. The summed E-state index contributed by atoms with van der Waals surface area (Å²) in [5.41, 5.74) is 2.94. The summed E-state index contributed by atoms with van der Waals surface area (Å²) in [6.45, 7) is 2.00. The van der Waals surface area contributed by atoms with E-state index in [2.05, 4.69) is 15.9 Å². The Morgan fingerprint density at radius 2 is 1.89 bits per heavy atom. The Morgan fingerprint density at radius 1 is 1.16 bits per heavy atom. The van der Waals surface area contributed by atoms with Gasteiger partial charge in [-0.25, -0.2) is 0 Å². The molecule has 19 heavy (non-hydrogen) atoms. The topological polar surface area (TPSA) is 20.2 Å². The van der Waals surface area contributed by atoms with Crippen molar-refractivity contribution in [3.05, 3.63) is 67.6 Å². The average Bonchev–Trinajstić information content (AvgIpc) is 2.37. The number of aliphatic hydroxyl groups is 1. The summed E-state index contributed by atoms with van der Waals surface area (Å²) in [5, 5.41) is 11.4. The molecule has 0 aliphatic carbocycles. The molecule has 0 aliphatic heterocycles. The maximum Gasteiger partial charge on any atom is 0.0841 e. The third-order valence-electron chi connectivity index (χ3n) is 2.99. The molecule has 100 valence electrons. The number of rotatable bonds is 3. The lowest BCUT2D eigenvalue weighted by molar-refractivity contribution is 0.177. The first kappa shape index (κ1) is 14.9. The van der Waals surface area contributed by atoms with Crippen molar-refractivity contribution in [1.29, 1.82) is 0 Å². The average molecular weight is 360 g/mol. The molecule has 1 unspecified atom stereocenters. The van der Waals surface area contributed by atoms with Crippen LogP contribution in [0.25, 0.3) is 0 Å². The molecule has 2 aromatic carbocycles. The van der Waals surface area contributed by atoms with E-state index in [1.807, 2.05) is 31.2 Å². The Kier molecular flexibility index (Phi) is 4.91. The van der Waals surface area contributed by atoms with Gasteiger partial charge in [-0.15, -0.1) is 0 Å². The lowest BCUT2D eigenvalue weighted by atomic mass is 10.00. The van der Waals surface area contributed by atoms with Crippen molar-refractivity contribution in [3.8, 4) is 0 Å². The van der Waals surface area contributed by atoms with Gasteiger partial charge in [0, 0.05) is 10.9 Å². The van der Waals surface area contributed by atoms with Crippen LogP contribution in [0.3, 0.4) is 0 Å². The first-order valence-electron chi connectivity index (χ1n) is 5.86. The van der Waals surface area contributed by atoms with E-state index in [1.54, 1.807) is 12.1 Å². The maximum atomic E-state index is 10.3. The van der Waals surface area contributed by atoms with Gasteiger partial charge in [-0.1, -0.05) is 63.4 Å². The van der Waals surface area contributed by atoms with Crippen molar-refractivity contribution in [1.82, 2.24) is 0 Å². The van der Waals surface area contributed by atoms with Crippen LogP contribution < -0.4 is 0 Å². The number of hydrogen-bond donors (Lipinski definition) is 1. The molecule has 2 aromatic rings. The van der Waals surface area contributed by atoms with Crippen LogP contribution in [0.15, 0.2) is 40.9 Å². The molecule has 0 heterocycles. The maximum absolute atomic E-state index is 10.3. The number of aryl methyl sites for hydroxylation is 1. The van der Waals surface area contributed by atoms with E-state index >= 15 is 0 Å². The Hall–Kier alpha value is -0.540. The molecule has 0 fully saturated rings. The molecule has 2 rings (SSSR count). The highest BCUT2D eigenvalue weighted by molar-refractivity contribution is 9.10. The zero-order valence-corrected chi connectivity index (χ0v) is 13.4. The third kappa shape index (κ3) is 3.51. The molecule has 1 atom stereocenters. The quantitative estimate of drug-likeness (QED) is 0.784. The molecular weight excluding hydrogens is 347 g/mol. The number of hydrogen-bond acceptors (Lipinski definition) is 1. The minimum Gasteiger partial charge on any atom is -0.388 e. The molecule has 0 saturated heterocycles. The standard InChI is InChI=1S/C15H13BrCl2O/c1-9-3-2-4-11(15(9)16)14(19)8-10-5-6-12(17)13(18)7-10/h2-7,14,19H,8H2,1H3. The van der Waals surface area contributed by atoms with Gasteiger partial charge in [0.05, 0.1) is 16.1 Å². The summed E-state index contributed by atoms with van der Waals surface area (Å²) >= 11 is 15.4. The summed E-state index contributed by atoms with van der Waals surface area (Å²) in [7, 11) is 0. The molecular formula is C15H13BrCl2O. The SMILES string of the molecule is Cc1cccc(C(O)Cc2ccc(Cl)c(Cl)c2)c1Br. The van der Waals surface area contributed by atoms with Crippen molar-refractivity contribution in [2.24, 2.45) is 0 Å². The molecule has 1 nitrogen and oxygen atoms in total. The first-order chi connectivity index (χ1) is 8.99. The molecule has 0 saturated carbocycles. The summed E-state index contributed by atoms with van der Waals surface area (Å²) in [6.07, 6.45) is -0.0783. The van der Waals surface area contributed by atoms with Gasteiger partial charge in [0.25, 0.3) is 0 Å². The van der Waals surface area contributed by atoms with Gasteiger partial charge in [0.2, 0.25) is 0 Å². The van der Waals surface area contributed by atoms with Crippen LogP contribution in [0.5, 0.6) is 0 Å². The highest BCUT2D eigenvalue weighted by Gasteiger charge is 2.13. The number of halogens is 3. The lowest BCUT2D eigenvalue weighted by Gasteiger charge is -2.14. The minimum atomic E-state index is -0.577. The second-order valence-electron chi connectivity index (χ2n) is 4.45. The van der Waals surface area contributed by atoms with Crippen molar-refractivity contribution < 1.29 is 5.11 Å². The first-order valence-corrected chi connectivity index (χ1v) is 7.41. The van der Waals surface area contributed by atoms with Gasteiger partial charge in [0.15, 0.2) is 0 Å². The molecule has 0 spiro atoms. The fraction of sp³-hybridized carbons (Fsp3) is 0.200. The van der Waals surface area contributed by atoms with Crippen molar-refractivity contribution >= 4 is 39.1 Å². The number of aliphatic hydroxyl groups excluding tert-OH is 1. The fourth-order valence-corrected chi connectivity index (χ4v) is 2.78. The Balaban J connectivity index is 2.23. The van der Waals surface area contributed by atoms with Crippen molar-refractivity contribution in [3.63, 3.8) is 0 Å². The van der Waals surface area contributed by atoms with E-state index in [0.29, 0.717) is 16.5 Å². The number of benzene rings is 2. The summed E-state index contributed by atoms with van der Waals surface area (Å²) in [6, 6.07) is 11.3. The second kappa shape index (κ2) is 6.27. The fourth-order valence-electron chi connectivity index (χ4n) is 1.93. The minimum absolute atomic E-state index is 0.499. The molecule has 0 amide bonds. The molecule has 0 bridgehead atoms. The van der Waals surface area contributed by atoms with E-state index in [0.717, 1.165) is 21.2 Å². The Morgan fingerprint density at radius 3 is 2.58 bits per heavy atom. The molecule has 1 N–H and O–H groups in total. The van der Waals surface area contributed by atoms with Gasteiger partial charge in [-0.3, -0.25) is 0 Å². The zero-order valence-electron chi connectivity index (χ0n) is 10.3. The predicted octanol–water partition coefficient (Wildman–Crippen LogP) is 5.34. The van der Waals surface area contributed by atoms with Gasteiger partial charge < -0.3 is 5.11 Å². The largest absolute Gasteiger partial charge is 0.388 e. The highest BCUT2D eigenvalue weighted by atomic mass is 79.9. The van der Waals surface area contributed by atoms with Gasteiger partial charge in [0.1, 0.15) is 0 Å². The van der Waals surface area contributed by atoms with Crippen LogP contribution in [-0.4, -0.2) is 5.11 Å². The lowest BCUT2D eigenvalue weighted by Crippen LogP contribution is -2.03. The zero-order chi connectivity index (χ0) is 14.0. The van der Waals surface area contributed by atoms with Crippen LogP contribution >= 0.6 is 39.1 Å². The monoisotopic (exact) mass is 358 g/mol. The van der Waals surface area contributed by atoms with E-state index in [4.69, 9.17) is 23.2 Å². The van der Waals surface area contributed by atoms with E-state index < -0.39 is 6.10 Å². The highest BCUT2D eigenvalue weighted by Crippen LogP contribution is 2.30. The molecule has 4 heteroatoms. The molecule has 0 radical (unpaired) electrons. The third-order valence-corrected chi connectivity index (χ3v) is 4.82. The van der Waals surface area contributed by atoms with E-state index in [-0.39, 0.29) is 0 Å². The Labute approximate surface area is 131 Å².